The second kappa shape index (κ2) is 5.32. The number of rotatable bonds is 3. The van der Waals surface area contributed by atoms with Crippen LogP contribution in [0, 0.1) is 4.77 Å². The molecular weight excluding hydrogens is 272 g/mol. The van der Waals surface area contributed by atoms with Gasteiger partial charge in [0.25, 0.3) is 5.91 Å². The minimum absolute atomic E-state index is 0.180. The number of benzene rings is 1. The van der Waals surface area contributed by atoms with E-state index in [2.05, 4.69) is 15.5 Å². The Morgan fingerprint density at radius 2 is 2.17 bits per heavy atom. The third kappa shape index (κ3) is 2.77. The van der Waals surface area contributed by atoms with Gasteiger partial charge in [-0.1, -0.05) is 11.6 Å². The summed E-state index contributed by atoms with van der Waals surface area (Å²) in [5.74, 6) is 0.489. The number of carbonyl (C=O) groups is 1. The maximum atomic E-state index is 11.8. The summed E-state index contributed by atoms with van der Waals surface area (Å²) in [5, 5.41) is 10.0. The van der Waals surface area contributed by atoms with Gasteiger partial charge in [-0.2, -0.15) is 5.10 Å². The number of aromatic amines is 1. The highest BCUT2D eigenvalue weighted by Crippen LogP contribution is 2.09. The van der Waals surface area contributed by atoms with E-state index < -0.39 is 0 Å². The molecule has 18 heavy (non-hydrogen) atoms. The summed E-state index contributed by atoms with van der Waals surface area (Å²) in [6.45, 7) is 0.311. The molecule has 0 spiro atoms. The van der Waals surface area contributed by atoms with Gasteiger partial charge >= 0.3 is 0 Å². The summed E-state index contributed by atoms with van der Waals surface area (Å²) in [7, 11) is 1.79. The molecule has 2 aromatic rings. The third-order valence-corrected chi connectivity index (χ3v) is 3.10. The van der Waals surface area contributed by atoms with Crippen molar-refractivity contribution in [2.75, 3.05) is 0 Å². The number of nitrogens with zero attached hydrogens (tertiary/aromatic N) is 2. The van der Waals surface area contributed by atoms with Crippen molar-refractivity contribution in [2.45, 2.75) is 6.54 Å². The number of halogens is 1. The van der Waals surface area contributed by atoms with Gasteiger partial charge in [0.1, 0.15) is 0 Å². The van der Waals surface area contributed by atoms with Crippen LogP contribution in [0.1, 0.15) is 16.2 Å². The standard InChI is InChI=1S/C11H11ClN4OS/c1-16-9(14-15-11(16)18)6-13-10(17)7-2-4-8(12)5-3-7/h2-5H,6H2,1H3,(H,13,17)(H,15,18). The predicted molar refractivity (Wildman–Crippen MR) is 71.0 cm³/mol. The average molecular weight is 283 g/mol. The Morgan fingerprint density at radius 3 is 2.72 bits per heavy atom. The van der Waals surface area contributed by atoms with Crippen molar-refractivity contribution in [2.24, 2.45) is 7.05 Å². The molecule has 0 radical (unpaired) electrons. The predicted octanol–water partition coefficient (Wildman–Crippen LogP) is 2.06. The average Bonchev–Trinajstić information content (AvgIpc) is 2.68. The van der Waals surface area contributed by atoms with Crippen molar-refractivity contribution in [3.63, 3.8) is 0 Å². The topological polar surface area (TPSA) is 62.7 Å². The molecule has 0 aliphatic heterocycles. The lowest BCUT2D eigenvalue weighted by Gasteiger charge is -2.04. The lowest BCUT2D eigenvalue weighted by atomic mass is 10.2. The zero-order valence-electron chi connectivity index (χ0n) is 9.61. The molecule has 1 heterocycles. The number of hydrogen-bond donors (Lipinski definition) is 2. The van der Waals surface area contributed by atoms with Crippen molar-refractivity contribution in [3.05, 3.63) is 45.4 Å². The van der Waals surface area contributed by atoms with E-state index in [1.807, 2.05) is 0 Å². The van der Waals surface area contributed by atoms with Crippen LogP contribution in [0.3, 0.4) is 0 Å². The van der Waals surface area contributed by atoms with Gasteiger partial charge in [0.2, 0.25) is 0 Å². The maximum Gasteiger partial charge on any atom is 0.251 e. The van der Waals surface area contributed by atoms with Crippen molar-refractivity contribution >= 4 is 29.7 Å². The van der Waals surface area contributed by atoms with Gasteiger partial charge in [0.05, 0.1) is 6.54 Å². The Balaban J connectivity index is 2.02. The first kappa shape index (κ1) is 12.8. The van der Waals surface area contributed by atoms with Gasteiger partial charge in [0.15, 0.2) is 10.6 Å². The monoisotopic (exact) mass is 282 g/mol. The first-order valence-corrected chi connectivity index (χ1v) is 6.00. The van der Waals surface area contributed by atoms with E-state index in [-0.39, 0.29) is 5.91 Å². The van der Waals surface area contributed by atoms with Crippen LogP contribution in [0.2, 0.25) is 5.02 Å². The highest BCUT2D eigenvalue weighted by atomic mass is 35.5. The van der Waals surface area contributed by atoms with E-state index in [0.29, 0.717) is 27.7 Å². The fraction of sp³-hybridized carbons (Fsp3) is 0.182. The normalized spacial score (nSPS) is 10.3. The van der Waals surface area contributed by atoms with Gasteiger partial charge in [0, 0.05) is 17.6 Å². The van der Waals surface area contributed by atoms with Crippen molar-refractivity contribution < 1.29 is 4.79 Å². The Hall–Kier alpha value is -1.66. The molecule has 1 aromatic carbocycles. The molecule has 1 aromatic heterocycles. The quantitative estimate of drug-likeness (QED) is 0.847. The summed E-state index contributed by atoms with van der Waals surface area (Å²) in [4.78, 5) is 11.8. The van der Waals surface area contributed by atoms with Crippen LogP contribution in [0.15, 0.2) is 24.3 Å². The van der Waals surface area contributed by atoms with Gasteiger partial charge in [-0.15, -0.1) is 0 Å². The molecule has 0 unspecified atom stereocenters. The minimum atomic E-state index is -0.180. The molecule has 0 bridgehead atoms. The summed E-state index contributed by atoms with van der Waals surface area (Å²) in [6, 6.07) is 6.68. The van der Waals surface area contributed by atoms with E-state index in [0.717, 1.165) is 0 Å². The molecular formula is C11H11ClN4OS. The van der Waals surface area contributed by atoms with Crippen molar-refractivity contribution in [3.8, 4) is 0 Å². The van der Waals surface area contributed by atoms with Crippen LogP contribution in [-0.4, -0.2) is 20.7 Å². The molecule has 0 atom stereocenters. The first-order valence-electron chi connectivity index (χ1n) is 5.22. The molecule has 0 aliphatic carbocycles. The van der Waals surface area contributed by atoms with Crippen LogP contribution in [-0.2, 0) is 13.6 Å². The second-order valence-corrected chi connectivity index (χ2v) is 4.52. The number of amides is 1. The Labute approximate surface area is 114 Å². The number of nitrogens with one attached hydrogen (secondary N) is 2. The van der Waals surface area contributed by atoms with E-state index in [1.165, 1.54) is 0 Å². The molecule has 2 rings (SSSR count). The molecule has 0 saturated heterocycles. The fourth-order valence-corrected chi connectivity index (χ4v) is 1.68. The molecule has 0 aliphatic rings. The van der Waals surface area contributed by atoms with Gasteiger partial charge in [-0.25, -0.2) is 0 Å². The third-order valence-electron chi connectivity index (χ3n) is 2.49. The largest absolute Gasteiger partial charge is 0.345 e. The summed E-state index contributed by atoms with van der Waals surface area (Å²) in [6.07, 6.45) is 0. The maximum absolute atomic E-state index is 11.8. The highest BCUT2D eigenvalue weighted by molar-refractivity contribution is 7.71. The fourth-order valence-electron chi connectivity index (χ4n) is 1.40. The molecule has 5 nitrogen and oxygen atoms in total. The Bertz CT molecular complexity index is 617. The van der Waals surface area contributed by atoms with E-state index in [1.54, 1.807) is 35.9 Å². The molecule has 0 saturated carbocycles. The zero-order chi connectivity index (χ0) is 13.1. The van der Waals surface area contributed by atoms with Crippen molar-refractivity contribution in [1.82, 2.24) is 20.1 Å². The van der Waals surface area contributed by atoms with Gasteiger partial charge < -0.3 is 9.88 Å². The number of carbonyl (C=O) groups excluding carboxylic acids is 1. The number of aromatic nitrogens is 3. The van der Waals surface area contributed by atoms with Crippen LogP contribution in [0.4, 0.5) is 0 Å². The van der Waals surface area contributed by atoms with Crippen LogP contribution in [0.5, 0.6) is 0 Å². The highest BCUT2D eigenvalue weighted by Gasteiger charge is 2.07. The number of H-pyrrole nitrogens is 1. The van der Waals surface area contributed by atoms with Crippen LogP contribution >= 0.6 is 23.8 Å². The number of hydrogen-bond acceptors (Lipinski definition) is 3. The molecule has 1 amide bonds. The van der Waals surface area contributed by atoms with Gasteiger partial charge in [-0.3, -0.25) is 9.89 Å². The van der Waals surface area contributed by atoms with E-state index in [9.17, 15) is 4.79 Å². The molecule has 94 valence electrons. The minimum Gasteiger partial charge on any atom is -0.345 e. The van der Waals surface area contributed by atoms with E-state index in [4.69, 9.17) is 23.8 Å². The molecule has 0 fully saturated rings. The zero-order valence-corrected chi connectivity index (χ0v) is 11.2. The van der Waals surface area contributed by atoms with Crippen molar-refractivity contribution in [1.29, 1.82) is 0 Å². The van der Waals surface area contributed by atoms with Gasteiger partial charge in [-0.05, 0) is 36.5 Å². The summed E-state index contributed by atoms with van der Waals surface area (Å²) >= 11 is 10.7. The Morgan fingerprint density at radius 1 is 1.50 bits per heavy atom. The lowest BCUT2D eigenvalue weighted by molar-refractivity contribution is 0.0949. The molecule has 2 N–H and O–H groups in total. The smallest absolute Gasteiger partial charge is 0.251 e. The lowest BCUT2D eigenvalue weighted by Crippen LogP contribution is -2.24. The molecule has 7 heteroatoms. The Kier molecular flexibility index (Phi) is 3.78. The van der Waals surface area contributed by atoms with Crippen LogP contribution < -0.4 is 5.32 Å². The van der Waals surface area contributed by atoms with Crippen LogP contribution in [0.25, 0.3) is 0 Å². The summed E-state index contributed by atoms with van der Waals surface area (Å²) in [5.41, 5.74) is 0.552. The van der Waals surface area contributed by atoms with E-state index >= 15 is 0 Å². The SMILES string of the molecule is Cn1c(CNC(=O)c2ccc(Cl)cc2)n[nH]c1=S. The second-order valence-electron chi connectivity index (χ2n) is 3.69. The first-order chi connectivity index (χ1) is 8.58. The summed E-state index contributed by atoms with van der Waals surface area (Å²) < 4.78 is 2.23.